The van der Waals surface area contributed by atoms with Gasteiger partial charge in [0.05, 0.1) is 5.69 Å². The normalized spacial score (nSPS) is 10.2. The second-order valence-corrected chi connectivity index (χ2v) is 2.44. The Morgan fingerprint density at radius 2 is 2.00 bits per heavy atom. The van der Waals surface area contributed by atoms with Gasteiger partial charge in [0.15, 0.2) is 0 Å². The predicted octanol–water partition coefficient (Wildman–Crippen LogP) is 2.15. The molecular weight excluding hydrogens is 136 g/mol. The summed E-state index contributed by atoms with van der Waals surface area (Å²) in [7, 11) is 0. The van der Waals surface area contributed by atoms with Crippen LogP contribution in [-0.4, -0.2) is 4.98 Å². The number of hydrogen-bond donors (Lipinski definition) is 0. The Morgan fingerprint density at radius 3 is 2.91 bits per heavy atom. The molecule has 0 bridgehead atoms. The Kier molecular flexibility index (Phi) is 1.25. The van der Waals surface area contributed by atoms with Gasteiger partial charge in [-0.1, -0.05) is 6.07 Å². The lowest BCUT2D eigenvalue weighted by Gasteiger charge is -1.95. The van der Waals surface area contributed by atoms with Crippen LogP contribution in [0.25, 0.3) is 10.8 Å². The summed E-state index contributed by atoms with van der Waals surface area (Å²) in [4.78, 5) is 3.98. The van der Waals surface area contributed by atoms with Crippen LogP contribution < -0.4 is 5.73 Å². The molecule has 53 valence electrons. The van der Waals surface area contributed by atoms with Gasteiger partial charge >= 0.3 is 0 Å². The SMILES string of the molecule is [NH]c1ccc2cnccc2c1. The second kappa shape index (κ2) is 2.23. The van der Waals surface area contributed by atoms with Gasteiger partial charge in [-0.3, -0.25) is 4.98 Å². The molecule has 1 aromatic carbocycles. The van der Waals surface area contributed by atoms with Crippen molar-refractivity contribution in [2.75, 3.05) is 0 Å². The molecule has 0 aliphatic carbocycles. The molecule has 0 atom stereocenters. The van der Waals surface area contributed by atoms with Crippen molar-refractivity contribution in [2.45, 2.75) is 0 Å². The van der Waals surface area contributed by atoms with Crippen LogP contribution in [0.5, 0.6) is 0 Å². The Labute approximate surface area is 64.7 Å². The van der Waals surface area contributed by atoms with Crippen LogP contribution in [0.2, 0.25) is 0 Å². The molecule has 2 nitrogen and oxygen atoms in total. The first-order valence-corrected chi connectivity index (χ1v) is 3.42. The second-order valence-electron chi connectivity index (χ2n) is 2.44. The van der Waals surface area contributed by atoms with Crippen LogP contribution in [0.3, 0.4) is 0 Å². The Balaban J connectivity index is 2.83. The van der Waals surface area contributed by atoms with Gasteiger partial charge < -0.3 is 5.73 Å². The average molecular weight is 143 g/mol. The zero-order valence-corrected chi connectivity index (χ0v) is 5.91. The summed E-state index contributed by atoms with van der Waals surface area (Å²) in [6.07, 6.45) is 3.54. The number of pyridine rings is 1. The summed E-state index contributed by atoms with van der Waals surface area (Å²) in [5, 5.41) is 2.16. The van der Waals surface area contributed by atoms with E-state index in [-0.39, 0.29) is 0 Å². The largest absolute Gasteiger partial charge is 0.301 e. The fourth-order valence-electron chi connectivity index (χ4n) is 1.08. The Morgan fingerprint density at radius 1 is 1.09 bits per heavy atom. The lowest BCUT2D eigenvalue weighted by molar-refractivity contribution is 1.36. The maximum Gasteiger partial charge on any atom is 0.0546 e. The molecule has 0 spiro atoms. The van der Waals surface area contributed by atoms with Crippen LogP contribution in [0.4, 0.5) is 5.69 Å². The summed E-state index contributed by atoms with van der Waals surface area (Å²) in [5.41, 5.74) is 7.90. The number of nitrogens with zero attached hydrogens (tertiary/aromatic N) is 1. The molecule has 0 aliphatic heterocycles. The van der Waals surface area contributed by atoms with Crippen molar-refractivity contribution in [3.63, 3.8) is 0 Å². The summed E-state index contributed by atoms with van der Waals surface area (Å²) < 4.78 is 0. The molecule has 0 amide bonds. The highest BCUT2D eigenvalue weighted by molar-refractivity contribution is 5.83. The van der Waals surface area contributed by atoms with Crippen molar-refractivity contribution in [1.82, 2.24) is 10.7 Å². The van der Waals surface area contributed by atoms with Crippen molar-refractivity contribution in [3.05, 3.63) is 36.7 Å². The molecule has 0 aliphatic rings. The van der Waals surface area contributed by atoms with Crippen molar-refractivity contribution in [2.24, 2.45) is 0 Å². The van der Waals surface area contributed by atoms with E-state index in [9.17, 15) is 0 Å². The van der Waals surface area contributed by atoms with E-state index in [1.165, 1.54) is 0 Å². The molecule has 0 fully saturated rings. The summed E-state index contributed by atoms with van der Waals surface area (Å²) in [6, 6.07) is 7.42. The van der Waals surface area contributed by atoms with Crippen molar-refractivity contribution >= 4 is 16.5 Å². The quantitative estimate of drug-likeness (QED) is 0.556. The molecule has 1 N–H and O–H groups in total. The van der Waals surface area contributed by atoms with E-state index >= 15 is 0 Å². The van der Waals surface area contributed by atoms with Crippen molar-refractivity contribution in [3.8, 4) is 0 Å². The van der Waals surface area contributed by atoms with Gasteiger partial charge in [-0.15, -0.1) is 0 Å². The number of aromatic nitrogens is 1. The first-order chi connectivity index (χ1) is 5.36. The van der Waals surface area contributed by atoms with Crippen LogP contribution in [0, 0.1) is 0 Å². The minimum absolute atomic E-state index is 0.545. The van der Waals surface area contributed by atoms with Gasteiger partial charge in [0.1, 0.15) is 0 Å². The van der Waals surface area contributed by atoms with E-state index in [1.807, 2.05) is 18.2 Å². The van der Waals surface area contributed by atoms with E-state index in [0.29, 0.717) is 5.69 Å². The van der Waals surface area contributed by atoms with Crippen molar-refractivity contribution < 1.29 is 0 Å². The van der Waals surface area contributed by atoms with Gasteiger partial charge in [-0.25, -0.2) is 0 Å². The summed E-state index contributed by atoms with van der Waals surface area (Å²) in [6.45, 7) is 0. The van der Waals surface area contributed by atoms with Crippen LogP contribution in [0.15, 0.2) is 36.7 Å². The average Bonchev–Trinajstić information content (AvgIpc) is 2.04. The molecule has 1 heterocycles. The van der Waals surface area contributed by atoms with Gasteiger partial charge in [0.25, 0.3) is 0 Å². The number of benzene rings is 1. The minimum atomic E-state index is 0.545. The Bertz CT molecular complexity index is 382. The minimum Gasteiger partial charge on any atom is -0.301 e. The van der Waals surface area contributed by atoms with Gasteiger partial charge in [0, 0.05) is 17.8 Å². The van der Waals surface area contributed by atoms with Gasteiger partial charge in [0.2, 0.25) is 0 Å². The monoisotopic (exact) mass is 143 g/mol. The van der Waals surface area contributed by atoms with Gasteiger partial charge in [-0.05, 0) is 23.6 Å². The number of nitrogens with one attached hydrogen (secondary N) is 1. The van der Waals surface area contributed by atoms with E-state index in [1.54, 1.807) is 18.5 Å². The van der Waals surface area contributed by atoms with E-state index < -0.39 is 0 Å². The first-order valence-electron chi connectivity index (χ1n) is 3.42. The lowest BCUT2D eigenvalue weighted by atomic mass is 10.2. The highest BCUT2D eigenvalue weighted by atomic mass is 14.6. The number of rotatable bonds is 0. The Hall–Kier alpha value is -1.57. The summed E-state index contributed by atoms with van der Waals surface area (Å²) in [5.74, 6) is 0. The molecule has 0 unspecified atom stereocenters. The first kappa shape index (κ1) is 6.16. The molecular formula is C9H7N2. The van der Waals surface area contributed by atoms with E-state index in [4.69, 9.17) is 5.73 Å². The maximum atomic E-state index is 7.36. The molecule has 1 radical (unpaired) electrons. The molecule has 2 rings (SSSR count). The van der Waals surface area contributed by atoms with Crippen molar-refractivity contribution in [1.29, 1.82) is 0 Å². The molecule has 2 heteroatoms. The molecule has 2 aromatic rings. The maximum absolute atomic E-state index is 7.36. The van der Waals surface area contributed by atoms with Crippen LogP contribution in [-0.2, 0) is 0 Å². The zero-order valence-electron chi connectivity index (χ0n) is 5.91. The lowest BCUT2D eigenvalue weighted by Crippen LogP contribution is -1.74. The third-order valence-corrected chi connectivity index (χ3v) is 1.64. The zero-order chi connectivity index (χ0) is 7.68. The van der Waals surface area contributed by atoms with Gasteiger partial charge in [-0.2, -0.15) is 0 Å². The standard InChI is InChI=1S/C9H7N2/c10-9-2-1-8-6-11-4-3-7(8)5-9/h1-6,10H. The van der Waals surface area contributed by atoms with E-state index in [2.05, 4.69) is 4.98 Å². The predicted molar refractivity (Wildman–Crippen MR) is 44.5 cm³/mol. The highest BCUT2D eigenvalue weighted by Crippen LogP contribution is 2.15. The topological polar surface area (TPSA) is 36.7 Å². The summed E-state index contributed by atoms with van der Waals surface area (Å²) >= 11 is 0. The molecule has 0 saturated heterocycles. The number of hydrogen-bond acceptors (Lipinski definition) is 1. The smallest absolute Gasteiger partial charge is 0.0546 e. The van der Waals surface area contributed by atoms with E-state index in [0.717, 1.165) is 10.8 Å². The highest BCUT2D eigenvalue weighted by Gasteiger charge is 1.91. The molecule has 11 heavy (non-hydrogen) atoms. The third kappa shape index (κ3) is 1.03. The van der Waals surface area contributed by atoms with Crippen LogP contribution in [0.1, 0.15) is 0 Å². The van der Waals surface area contributed by atoms with Crippen LogP contribution >= 0.6 is 0 Å². The molecule has 0 saturated carbocycles. The third-order valence-electron chi connectivity index (χ3n) is 1.64. The fraction of sp³-hybridized carbons (Fsp3) is 0. The number of fused-ring (bicyclic) bond motifs is 1. The molecule has 1 aromatic heterocycles. The fourth-order valence-corrected chi connectivity index (χ4v) is 1.08.